The van der Waals surface area contributed by atoms with Crippen molar-refractivity contribution in [3.8, 4) is 5.75 Å². The third-order valence-corrected chi connectivity index (χ3v) is 3.56. The minimum atomic E-state index is -0.408. The molecule has 0 fully saturated rings. The number of rotatable bonds is 4. The summed E-state index contributed by atoms with van der Waals surface area (Å²) in [6, 6.07) is 15.5. The van der Waals surface area contributed by atoms with E-state index in [-0.39, 0.29) is 0 Å². The van der Waals surface area contributed by atoms with E-state index in [0.29, 0.717) is 18.0 Å². The van der Waals surface area contributed by atoms with E-state index in [1.807, 2.05) is 55.5 Å². The molecule has 0 spiro atoms. The van der Waals surface area contributed by atoms with Crippen LogP contribution in [0, 0.1) is 6.92 Å². The summed E-state index contributed by atoms with van der Waals surface area (Å²) in [5, 5.41) is 0. The van der Waals surface area contributed by atoms with E-state index in [2.05, 4.69) is 4.99 Å². The number of methoxy groups -OCH3 is 1. The van der Waals surface area contributed by atoms with E-state index in [9.17, 15) is 4.79 Å². The smallest absolute Gasteiger partial charge is 0.363 e. The first kappa shape index (κ1) is 15.0. The van der Waals surface area contributed by atoms with Gasteiger partial charge in [0.2, 0.25) is 5.90 Å². The number of hydrogen-bond acceptors (Lipinski definition) is 4. The molecular weight excluding hydrogens is 290 g/mol. The molecule has 0 atom stereocenters. The molecule has 0 aliphatic carbocycles. The standard InChI is InChI=1S/C19H17NO3/c1-13-3-5-14(6-4-13)11-17-19(21)23-18(20-17)12-15-7-9-16(22-2)10-8-15/h3-11H,12H2,1-2H3/b17-11+. The molecule has 2 aromatic rings. The van der Waals surface area contributed by atoms with Gasteiger partial charge in [0, 0.05) is 6.42 Å². The maximum absolute atomic E-state index is 11.9. The molecular formula is C19H17NO3. The van der Waals surface area contributed by atoms with Gasteiger partial charge in [0.05, 0.1) is 7.11 Å². The number of benzene rings is 2. The Bertz CT molecular complexity index is 771. The van der Waals surface area contributed by atoms with Gasteiger partial charge < -0.3 is 9.47 Å². The van der Waals surface area contributed by atoms with Crippen molar-refractivity contribution < 1.29 is 14.3 Å². The molecule has 0 unspecified atom stereocenters. The lowest BCUT2D eigenvalue weighted by atomic mass is 10.1. The summed E-state index contributed by atoms with van der Waals surface area (Å²) in [7, 11) is 1.62. The van der Waals surface area contributed by atoms with Crippen LogP contribution in [0.25, 0.3) is 6.08 Å². The number of nitrogens with zero attached hydrogens (tertiary/aromatic N) is 1. The molecule has 3 rings (SSSR count). The number of aliphatic imine (C=N–C) groups is 1. The number of aryl methyl sites for hydroxylation is 1. The third-order valence-electron chi connectivity index (χ3n) is 3.56. The molecule has 4 nitrogen and oxygen atoms in total. The summed E-state index contributed by atoms with van der Waals surface area (Å²) in [5.74, 6) is 0.798. The number of hydrogen-bond donors (Lipinski definition) is 0. The molecule has 1 aliphatic rings. The summed E-state index contributed by atoms with van der Waals surface area (Å²) < 4.78 is 10.4. The second kappa shape index (κ2) is 6.48. The lowest BCUT2D eigenvalue weighted by Gasteiger charge is -2.02. The van der Waals surface area contributed by atoms with Gasteiger partial charge in [-0.05, 0) is 36.3 Å². The first-order valence-electron chi connectivity index (χ1n) is 7.35. The summed E-state index contributed by atoms with van der Waals surface area (Å²) in [6.45, 7) is 2.02. The number of ether oxygens (including phenoxy) is 2. The van der Waals surface area contributed by atoms with Crippen LogP contribution in [0.3, 0.4) is 0 Å². The van der Waals surface area contributed by atoms with Gasteiger partial charge >= 0.3 is 5.97 Å². The Morgan fingerprint density at radius 1 is 1.09 bits per heavy atom. The molecule has 116 valence electrons. The van der Waals surface area contributed by atoms with E-state index >= 15 is 0 Å². The molecule has 0 N–H and O–H groups in total. The van der Waals surface area contributed by atoms with Crippen LogP contribution >= 0.6 is 0 Å². The van der Waals surface area contributed by atoms with Crippen molar-refractivity contribution in [3.63, 3.8) is 0 Å². The quantitative estimate of drug-likeness (QED) is 0.641. The van der Waals surface area contributed by atoms with Crippen molar-refractivity contribution >= 4 is 17.9 Å². The Balaban J connectivity index is 1.76. The van der Waals surface area contributed by atoms with E-state index in [1.54, 1.807) is 13.2 Å². The molecule has 0 saturated heterocycles. The first-order valence-corrected chi connectivity index (χ1v) is 7.35. The second-order valence-corrected chi connectivity index (χ2v) is 5.36. The average molecular weight is 307 g/mol. The molecule has 1 aliphatic heterocycles. The Hall–Kier alpha value is -2.88. The van der Waals surface area contributed by atoms with Crippen LogP contribution in [0.5, 0.6) is 5.75 Å². The Morgan fingerprint density at radius 2 is 1.78 bits per heavy atom. The fraction of sp³-hybridized carbons (Fsp3) is 0.158. The minimum absolute atomic E-state index is 0.331. The molecule has 1 heterocycles. The Labute approximate surface area is 135 Å². The highest BCUT2D eigenvalue weighted by Crippen LogP contribution is 2.19. The zero-order valence-electron chi connectivity index (χ0n) is 13.1. The van der Waals surface area contributed by atoms with Crippen molar-refractivity contribution in [2.75, 3.05) is 7.11 Å². The normalized spacial score (nSPS) is 15.5. The van der Waals surface area contributed by atoms with Crippen molar-refractivity contribution in [2.45, 2.75) is 13.3 Å². The largest absolute Gasteiger partial charge is 0.497 e. The lowest BCUT2D eigenvalue weighted by Crippen LogP contribution is -2.06. The Kier molecular flexibility index (Phi) is 4.24. The van der Waals surface area contributed by atoms with E-state index in [4.69, 9.17) is 9.47 Å². The molecule has 0 aromatic heterocycles. The van der Waals surface area contributed by atoms with E-state index in [0.717, 1.165) is 16.9 Å². The predicted molar refractivity (Wildman–Crippen MR) is 89.4 cm³/mol. The molecule has 0 amide bonds. The van der Waals surface area contributed by atoms with Crippen LogP contribution < -0.4 is 4.74 Å². The molecule has 0 bridgehead atoms. The van der Waals surface area contributed by atoms with Crippen LogP contribution in [0.1, 0.15) is 16.7 Å². The highest BCUT2D eigenvalue weighted by molar-refractivity contribution is 6.07. The monoisotopic (exact) mass is 307 g/mol. The number of cyclic esters (lactones) is 1. The zero-order valence-corrected chi connectivity index (χ0v) is 13.1. The summed E-state index contributed by atoms with van der Waals surface area (Å²) in [6.07, 6.45) is 2.21. The van der Waals surface area contributed by atoms with Gasteiger partial charge in [0.1, 0.15) is 5.75 Å². The average Bonchev–Trinajstić information content (AvgIpc) is 2.90. The number of carbonyl (C=O) groups excluding carboxylic acids is 1. The summed E-state index contributed by atoms with van der Waals surface area (Å²) in [4.78, 5) is 16.2. The number of esters is 1. The van der Waals surface area contributed by atoms with Crippen molar-refractivity contribution in [1.82, 2.24) is 0 Å². The van der Waals surface area contributed by atoms with Crippen LogP contribution in [-0.4, -0.2) is 19.0 Å². The fourth-order valence-corrected chi connectivity index (χ4v) is 2.27. The van der Waals surface area contributed by atoms with E-state index in [1.165, 1.54) is 5.56 Å². The van der Waals surface area contributed by atoms with Crippen LogP contribution in [0.15, 0.2) is 59.2 Å². The van der Waals surface area contributed by atoms with Crippen molar-refractivity contribution in [2.24, 2.45) is 4.99 Å². The van der Waals surface area contributed by atoms with E-state index < -0.39 is 5.97 Å². The lowest BCUT2D eigenvalue weighted by molar-refractivity contribution is -0.130. The van der Waals surface area contributed by atoms with Gasteiger partial charge in [0.15, 0.2) is 5.70 Å². The van der Waals surface area contributed by atoms with Gasteiger partial charge in [0.25, 0.3) is 0 Å². The molecule has 4 heteroatoms. The van der Waals surface area contributed by atoms with Crippen molar-refractivity contribution in [3.05, 3.63) is 70.9 Å². The van der Waals surface area contributed by atoms with Gasteiger partial charge in [-0.15, -0.1) is 0 Å². The Morgan fingerprint density at radius 3 is 2.43 bits per heavy atom. The SMILES string of the molecule is COc1ccc(CC2=N/C(=C/c3ccc(C)cc3)C(=O)O2)cc1. The van der Waals surface area contributed by atoms with Crippen LogP contribution in [0.2, 0.25) is 0 Å². The third kappa shape index (κ3) is 3.66. The maximum atomic E-state index is 11.9. The molecule has 23 heavy (non-hydrogen) atoms. The second-order valence-electron chi connectivity index (χ2n) is 5.36. The van der Waals surface area contributed by atoms with Gasteiger partial charge in [-0.25, -0.2) is 9.79 Å². The first-order chi connectivity index (χ1) is 11.1. The molecule has 0 saturated carbocycles. The maximum Gasteiger partial charge on any atom is 0.363 e. The summed E-state index contributed by atoms with van der Waals surface area (Å²) >= 11 is 0. The number of carbonyl (C=O) groups is 1. The zero-order chi connectivity index (χ0) is 16.2. The summed E-state index contributed by atoms with van der Waals surface area (Å²) in [5.41, 5.74) is 3.44. The topological polar surface area (TPSA) is 47.9 Å². The van der Waals surface area contributed by atoms with Crippen LogP contribution in [0.4, 0.5) is 0 Å². The highest BCUT2D eigenvalue weighted by atomic mass is 16.6. The minimum Gasteiger partial charge on any atom is -0.497 e. The van der Waals surface area contributed by atoms with Crippen molar-refractivity contribution in [1.29, 1.82) is 0 Å². The van der Waals surface area contributed by atoms with Crippen LogP contribution in [-0.2, 0) is 16.0 Å². The van der Waals surface area contributed by atoms with Gasteiger partial charge in [-0.2, -0.15) is 0 Å². The molecule has 0 radical (unpaired) electrons. The predicted octanol–water partition coefficient (Wildman–Crippen LogP) is 3.54. The fourth-order valence-electron chi connectivity index (χ4n) is 2.27. The highest BCUT2D eigenvalue weighted by Gasteiger charge is 2.22. The molecule has 2 aromatic carbocycles. The van der Waals surface area contributed by atoms with Gasteiger partial charge in [-0.1, -0.05) is 42.0 Å². The van der Waals surface area contributed by atoms with Gasteiger partial charge in [-0.3, -0.25) is 0 Å².